The fourth-order valence-electron chi connectivity index (χ4n) is 2.24. The fraction of sp³-hybridized carbons (Fsp3) is 0.533. The Bertz CT molecular complexity index is 464. The molecule has 0 aromatic heterocycles. The number of ether oxygens (including phenoxy) is 1. The molecule has 0 saturated carbocycles. The Morgan fingerprint density at radius 2 is 2.21 bits per heavy atom. The molecule has 19 heavy (non-hydrogen) atoms. The molecule has 1 aliphatic rings. The van der Waals surface area contributed by atoms with Gasteiger partial charge in [-0.1, -0.05) is 18.2 Å². The summed E-state index contributed by atoms with van der Waals surface area (Å²) in [5, 5.41) is 6.53. The minimum Gasteiger partial charge on any atom is -0.459 e. The molecule has 0 fully saturated rings. The number of rotatable bonds is 4. The maximum Gasteiger partial charge on any atom is 0.320 e. The highest BCUT2D eigenvalue weighted by Crippen LogP contribution is 2.26. The highest BCUT2D eigenvalue weighted by atomic mass is 16.6. The van der Waals surface area contributed by atoms with Crippen LogP contribution in [0.4, 0.5) is 5.69 Å². The molecule has 1 aliphatic heterocycles. The topological polar surface area (TPSA) is 50.4 Å². The van der Waals surface area contributed by atoms with Gasteiger partial charge in [0.2, 0.25) is 0 Å². The van der Waals surface area contributed by atoms with Crippen LogP contribution in [0.25, 0.3) is 0 Å². The summed E-state index contributed by atoms with van der Waals surface area (Å²) in [5.74, 6) is -0.215. The van der Waals surface area contributed by atoms with Crippen molar-refractivity contribution < 1.29 is 9.53 Å². The van der Waals surface area contributed by atoms with Gasteiger partial charge in [-0.15, -0.1) is 0 Å². The Hall–Kier alpha value is -1.55. The number of carbonyl (C=O) groups is 1. The number of esters is 1. The van der Waals surface area contributed by atoms with Gasteiger partial charge < -0.3 is 15.4 Å². The Labute approximate surface area is 114 Å². The minimum atomic E-state index is -0.422. The summed E-state index contributed by atoms with van der Waals surface area (Å²) in [4.78, 5) is 11.6. The SMILES string of the molecule is CC(C)(C)OC(=O)CNCc1cccc2c1NCC2. The van der Waals surface area contributed by atoms with Crippen molar-refractivity contribution in [1.82, 2.24) is 5.32 Å². The number of hydrogen-bond donors (Lipinski definition) is 2. The van der Waals surface area contributed by atoms with Gasteiger partial charge in [0, 0.05) is 18.8 Å². The third-order valence-electron chi connectivity index (χ3n) is 2.94. The van der Waals surface area contributed by atoms with Gasteiger partial charge in [-0.3, -0.25) is 4.79 Å². The second kappa shape index (κ2) is 5.61. The summed E-state index contributed by atoms with van der Waals surface area (Å²) in [5.41, 5.74) is 3.36. The predicted molar refractivity (Wildman–Crippen MR) is 76.2 cm³/mol. The van der Waals surface area contributed by atoms with E-state index in [1.54, 1.807) is 0 Å². The number of benzene rings is 1. The summed E-state index contributed by atoms with van der Waals surface area (Å²) in [6.07, 6.45) is 1.08. The lowest BCUT2D eigenvalue weighted by Gasteiger charge is -2.19. The molecular formula is C15H22N2O2. The molecule has 104 valence electrons. The summed E-state index contributed by atoms with van der Waals surface area (Å²) in [6.45, 7) is 7.53. The molecule has 1 aromatic carbocycles. The van der Waals surface area contributed by atoms with Gasteiger partial charge in [-0.05, 0) is 38.3 Å². The van der Waals surface area contributed by atoms with Crippen LogP contribution in [0.1, 0.15) is 31.9 Å². The van der Waals surface area contributed by atoms with Gasteiger partial charge in [0.15, 0.2) is 0 Å². The van der Waals surface area contributed by atoms with Gasteiger partial charge in [0.1, 0.15) is 5.60 Å². The van der Waals surface area contributed by atoms with E-state index in [1.807, 2.05) is 20.8 Å². The van der Waals surface area contributed by atoms with Gasteiger partial charge in [-0.2, -0.15) is 0 Å². The first kappa shape index (κ1) is 13.9. The number of hydrogen-bond acceptors (Lipinski definition) is 4. The van der Waals surface area contributed by atoms with E-state index in [4.69, 9.17) is 4.74 Å². The van der Waals surface area contributed by atoms with Gasteiger partial charge >= 0.3 is 5.97 Å². The van der Waals surface area contributed by atoms with E-state index in [9.17, 15) is 4.79 Å². The second-order valence-corrected chi connectivity index (χ2v) is 5.82. The van der Waals surface area contributed by atoms with Gasteiger partial charge in [0.25, 0.3) is 0 Å². The average Bonchev–Trinajstić information content (AvgIpc) is 2.75. The van der Waals surface area contributed by atoms with Crippen molar-refractivity contribution >= 4 is 11.7 Å². The summed E-state index contributed by atoms with van der Waals surface area (Å²) in [7, 11) is 0. The molecule has 0 spiro atoms. The lowest BCUT2D eigenvalue weighted by Crippen LogP contribution is -2.31. The van der Waals surface area contributed by atoms with E-state index in [0.717, 1.165) is 13.0 Å². The van der Waals surface area contributed by atoms with E-state index in [2.05, 4.69) is 28.8 Å². The zero-order valence-corrected chi connectivity index (χ0v) is 11.9. The molecule has 0 atom stereocenters. The number of nitrogens with one attached hydrogen (secondary N) is 2. The maximum atomic E-state index is 11.6. The molecule has 0 saturated heterocycles. The number of para-hydroxylation sites is 1. The van der Waals surface area contributed by atoms with Crippen LogP contribution in [0.3, 0.4) is 0 Å². The van der Waals surface area contributed by atoms with Crippen molar-refractivity contribution in [2.24, 2.45) is 0 Å². The van der Waals surface area contributed by atoms with Crippen molar-refractivity contribution in [2.45, 2.75) is 39.3 Å². The Morgan fingerprint density at radius 3 is 2.95 bits per heavy atom. The third kappa shape index (κ3) is 3.96. The first-order chi connectivity index (χ1) is 8.96. The molecule has 2 N–H and O–H groups in total. The monoisotopic (exact) mass is 262 g/mol. The van der Waals surface area contributed by atoms with Crippen molar-refractivity contribution in [3.63, 3.8) is 0 Å². The molecule has 4 nitrogen and oxygen atoms in total. The van der Waals surface area contributed by atoms with E-state index >= 15 is 0 Å². The molecule has 0 radical (unpaired) electrons. The van der Waals surface area contributed by atoms with Crippen LogP contribution in [0.2, 0.25) is 0 Å². The highest BCUT2D eigenvalue weighted by Gasteiger charge is 2.16. The van der Waals surface area contributed by atoms with Crippen LogP contribution in [0.5, 0.6) is 0 Å². The van der Waals surface area contributed by atoms with Crippen LogP contribution in [-0.2, 0) is 22.5 Å². The first-order valence-electron chi connectivity index (χ1n) is 6.73. The molecule has 1 aromatic rings. The molecule has 2 rings (SSSR count). The fourth-order valence-corrected chi connectivity index (χ4v) is 2.24. The van der Waals surface area contributed by atoms with E-state index in [-0.39, 0.29) is 12.5 Å². The minimum absolute atomic E-state index is 0.215. The molecule has 0 unspecified atom stereocenters. The van der Waals surface area contributed by atoms with Crippen LogP contribution in [-0.4, -0.2) is 24.7 Å². The van der Waals surface area contributed by atoms with E-state index in [1.165, 1.54) is 16.8 Å². The van der Waals surface area contributed by atoms with Gasteiger partial charge in [0.05, 0.1) is 6.54 Å². The zero-order chi connectivity index (χ0) is 13.9. The van der Waals surface area contributed by atoms with Crippen molar-refractivity contribution in [3.05, 3.63) is 29.3 Å². The Morgan fingerprint density at radius 1 is 1.42 bits per heavy atom. The normalized spacial score (nSPS) is 13.8. The standard InChI is InChI=1S/C15H22N2O2/c1-15(2,3)19-13(18)10-16-9-12-6-4-5-11-7-8-17-14(11)12/h4-6,16-17H,7-10H2,1-3H3. The van der Waals surface area contributed by atoms with E-state index in [0.29, 0.717) is 6.54 Å². The highest BCUT2D eigenvalue weighted by molar-refractivity contribution is 5.72. The van der Waals surface area contributed by atoms with Crippen LogP contribution in [0.15, 0.2) is 18.2 Å². The molecule has 0 aliphatic carbocycles. The summed E-state index contributed by atoms with van der Waals surface area (Å²) < 4.78 is 5.25. The third-order valence-corrected chi connectivity index (χ3v) is 2.94. The van der Waals surface area contributed by atoms with Crippen LogP contribution >= 0.6 is 0 Å². The second-order valence-electron chi connectivity index (χ2n) is 5.82. The van der Waals surface area contributed by atoms with Crippen molar-refractivity contribution in [3.8, 4) is 0 Å². The van der Waals surface area contributed by atoms with Crippen molar-refractivity contribution in [1.29, 1.82) is 0 Å². The van der Waals surface area contributed by atoms with Gasteiger partial charge in [-0.25, -0.2) is 0 Å². The van der Waals surface area contributed by atoms with Crippen LogP contribution in [0, 0.1) is 0 Å². The smallest absolute Gasteiger partial charge is 0.320 e. The molecule has 4 heteroatoms. The first-order valence-corrected chi connectivity index (χ1v) is 6.73. The lowest BCUT2D eigenvalue weighted by molar-refractivity contribution is -0.153. The number of anilines is 1. The maximum absolute atomic E-state index is 11.6. The quantitative estimate of drug-likeness (QED) is 0.816. The summed E-state index contributed by atoms with van der Waals surface area (Å²) in [6, 6.07) is 6.29. The predicted octanol–water partition coefficient (Wildman–Crippen LogP) is 2.09. The lowest BCUT2D eigenvalue weighted by atomic mass is 10.1. The molecular weight excluding hydrogens is 240 g/mol. The summed E-state index contributed by atoms with van der Waals surface area (Å²) >= 11 is 0. The van der Waals surface area contributed by atoms with E-state index < -0.39 is 5.60 Å². The Kier molecular flexibility index (Phi) is 4.10. The number of fused-ring (bicyclic) bond motifs is 1. The molecule has 0 amide bonds. The molecule has 1 heterocycles. The largest absolute Gasteiger partial charge is 0.459 e. The average molecular weight is 262 g/mol. The Balaban J connectivity index is 1.84. The van der Waals surface area contributed by atoms with Crippen molar-refractivity contribution in [2.75, 3.05) is 18.4 Å². The number of carbonyl (C=O) groups excluding carboxylic acids is 1. The van der Waals surface area contributed by atoms with Crippen LogP contribution < -0.4 is 10.6 Å². The molecule has 0 bridgehead atoms. The zero-order valence-electron chi connectivity index (χ0n) is 11.9.